The van der Waals surface area contributed by atoms with Gasteiger partial charge in [0.15, 0.2) is 0 Å². The molecule has 15 heavy (non-hydrogen) atoms. The molecule has 0 heterocycles. The van der Waals surface area contributed by atoms with Crippen molar-refractivity contribution in [3.05, 3.63) is 0 Å². The van der Waals surface area contributed by atoms with Gasteiger partial charge in [-0.15, -0.1) is 12.2 Å². The van der Waals surface area contributed by atoms with Gasteiger partial charge in [0.1, 0.15) is 0 Å². The molecule has 2 unspecified atom stereocenters. The van der Waals surface area contributed by atoms with Gasteiger partial charge in [0.2, 0.25) is 0 Å². The van der Waals surface area contributed by atoms with Crippen molar-refractivity contribution in [2.24, 2.45) is 10.8 Å². The van der Waals surface area contributed by atoms with Crippen LogP contribution in [-0.2, 0) is 0 Å². The quantitative estimate of drug-likeness (QED) is 0.599. The zero-order valence-electron chi connectivity index (χ0n) is 11.7. The van der Waals surface area contributed by atoms with E-state index in [2.05, 4.69) is 0 Å². The molecule has 0 aliphatic heterocycles. The molecule has 0 amide bonds. The van der Waals surface area contributed by atoms with E-state index in [1.807, 2.05) is 41.5 Å². The fourth-order valence-electron chi connectivity index (χ4n) is 0. The van der Waals surface area contributed by atoms with Gasteiger partial charge >= 0.3 is 37.7 Å². The van der Waals surface area contributed by atoms with E-state index < -0.39 is 12.2 Å². The first kappa shape index (κ1) is 21.5. The Morgan fingerprint density at radius 2 is 0.733 bits per heavy atom. The molecule has 0 saturated heterocycles. The summed E-state index contributed by atoms with van der Waals surface area (Å²) in [5.74, 6) is 0. The molecule has 3 heteroatoms. The molecule has 0 aromatic carbocycles. The summed E-state index contributed by atoms with van der Waals surface area (Å²) in [7, 11) is 0. The molecule has 0 rings (SSSR count). The molecule has 0 fully saturated rings. The predicted octanol–water partition coefficient (Wildman–Crippen LogP) is 1.18. The fraction of sp³-hybridized carbons (Fsp3) is 1.00. The Balaban J connectivity index is -0.000000180. The summed E-state index contributed by atoms with van der Waals surface area (Å²) in [6.07, 6.45) is -0.903. The summed E-state index contributed by atoms with van der Waals surface area (Å²) in [6, 6.07) is 0. The molecule has 0 aromatic heterocycles. The van der Waals surface area contributed by atoms with Gasteiger partial charge in [0.05, 0.1) is 0 Å². The van der Waals surface area contributed by atoms with Crippen LogP contribution in [0.2, 0.25) is 0 Å². The third-order valence-corrected chi connectivity index (χ3v) is 2.44. The van der Waals surface area contributed by atoms with Crippen molar-refractivity contribution >= 4 is 37.7 Å². The van der Waals surface area contributed by atoms with Crippen molar-refractivity contribution < 1.29 is 10.2 Å². The first-order valence-electron chi connectivity index (χ1n) is 5.20. The van der Waals surface area contributed by atoms with Gasteiger partial charge in [-0.3, -0.25) is 0 Å². The predicted molar refractivity (Wildman–Crippen MR) is 63.6 cm³/mol. The van der Waals surface area contributed by atoms with Crippen LogP contribution in [0.4, 0.5) is 0 Å². The average molecular weight is 242 g/mol. The summed E-state index contributed by atoms with van der Waals surface area (Å²) in [5, 5.41) is 21.1. The third-order valence-electron chi connectivity index (χ3n) is 2.44. The Morgan fingerprint density at radius 1 is 0.667 bits per heavy atom. The summed E-state index contributed by atoms with van der Waals surface area (Å²) in [5.41, 5.74) is -0.111. The molecular formula is C12H26CaO2. The smallest absolute Gasteiger partial charge is 0.852 e. The topological polar surface area (TPSA) is 46.1 Å². The van der Waals surface area contributed by atoms with E-state index >= 15 is 0 Å². The third kappa shape index (κ3) is 15.2. The first-order valence-corrected chi connectivity index (χ1v) is 5.20. The van der Waals surface area contributed by atoms with E-state index in [9.17, 15) is 10.2 Å². The van der Waals surface area contributed by atoms with E-state index in [1.165, 1.54) is 0 Å². The molecule has 2 nitrogen and oxygen atoms in total. The maximum Gasteiger partial charge on any atom is 2.00 e. The average Bonchev–Trinajstić information content (AvgIpc) is 1.83. The maximum atomic E-state index is 10.5. The molecule has 0 radical (unpaired) electrons. The minimum atomic E-state index is -0.451. The van der Waals surface area contributed by atoms with Crippen LogP contribution >= 0.6 is 0 Å². The number of hydrogen-bond acceptors (Lipinski definition) is 2. The van der Waals surface area contributed by atoms with Crippen LogP contribution in [0.25, 0.3) is 0 Å². The Labute approximate surface area is 125 Å². The van der Waals surface area contributed by atoms with Crippen LogP contribution in [0, 0.1) is 10.8 Å². The Bertz CT molecular complexity index is 123. The zero-order chi connectivity index (χ0) is 12.2. The van der Waals surface area contributed by atoms with E-state index in [0.29, 0.717) is 0 Å². The SMILES string of the molecule is CC([O-])C(C)(C)C.CC([O-])C(C)(C)C.[Ca+2]. The maximum absolute atomic E-state index is 10.5. The molecule has 88 valence electrons. The minimum absolute atomic E-state index is 0. The Kier molecular flexibility index (Phi) is 11.9. The Hall–Kier alpha value is 1.18. The van der Waals surface area contributed by atoms with Gasteiger partial charge in [0, 0.05) is 0 Å². The normalized spacial score (nSPS) is 15.6. The van der Waals surface area contributed by atoms with Gasteiger partial charge in [-0.2, -0.15) is 0 Å². The molecule has 2 atom stereocenters. The molecule has 0 aliphatic rings. The van der Waals surface area contributed by atoms with Gasteiger partial charge in [0.25, 0.3) is 0 Å². The Morgan fingerprint density at radius 3 is 0.733 bits per heavy atom. The van der Waals surface area contributed by atoms with Crippen LogP contribution in [0.3, 0.4) is 0 Å². The summed E-state index contributed by atoms with van der Waals surface area (Å²) < 4.78 is 0. The van der Waals surface area contributed by atoms with E-state index in [1.54, 1.807) is 13.8 Å². The van der Waals surface area contributed by atoms with Gasteiger partial charge in [-0.05, 0) is 0 Å². The largest absolute Gasteiger partial charge is 2.00 e. The number of rotatable bonds is 0. The van der Waals surface area contributed by atoms with Crippen molar-refractivity contribution in [1.82, 2.24) is 0 Å². The molecular weight excluding hydrogens is 216 g/mol. The van der Waals surface area contributed by atoms with Crippen LogP contribution in [0.5, 0.6) is 0 Å². The van der Waals surface area contributed by atoms with Gasteiger partial charge < -0.3 is 10.2 Å². The molecule has 0 spiro atoms. The van der Waals surface area contributed by atoms with E-state index in [-0.39, 0.29) is 48.6 Å². The van der Waals surface area contributed by atoms with Crippen molar-refractivity contribution in [1.29, 1.82) is 0 Å². The molecule has 0 N–H and O–H groups in total. The molecule has 0 bridgehead atoms. The minimum Gasteiger partial charge on any atom is -0.852 e. The number of hydrogen-bond donors (Lipinski definition) is 0. The van der Waals surface area contributed by atoms with Crippen molar-refractivity contribution in [3.8, 4) is 0 Å². The van der Waals surface area contributed by atoms with Crippen LogP contribution < -0.4 is 10.2 Å². The zero-order valence-corrected chi connectivity index (χ0v) is 13.9. The van der Waals surface area contributed by atoms with Crippen molar-refractivity contribution in [3.63, 3.8) is 0 Å². The second-order valence-electron chi connectivity index (χ2n) is 6.02. The van der Waals surface area contributed by atoms with Crippen LogP contribution in [-0.4, -0.2) is 49.9 Å². The summed E-state index contributed by atoms with van der Waals surface area (Å²) in [4.78, 5) is 0. The van der Waals surface area contributed by atoms with Crippen LogP contribution in [0.1, 0.15) is 55.4 Å². The summed E-state index contributed by atoms with van der Waals surface area (Å²) >= 11 is 0. The standard InChI is InChI=1S/2C6H13O.Ca/c2*1-5(7)6(2,3)4;/h2*5H,1-4H3;/q2*-1;+2. The van der Waals surface area contributed by atoms with E-state index in [0.717, 1.165) is 0 Å². The van der Waals surface area contributed by atoms with Gasteiger partial charge in [-0.1, -0.05) is 66.2 Å². The monoisotopic (exact) mass is 242 g/mol. The van der Waals surface area contributed by atoms with E-state index in [4.69, 9.17) is 0 Å². The molecule has 0 aromatic rings. The fourth-order valence-corrected chi connectivity index (χ4v) is 0. The van der Waals surface area contributed by atoms with Crippen LogP contribution in [0.15, 0.2) is 0 Å². The van der Waals surface area contributed by atoms with Gasteiger partial charge in [-0.25, -0.2) is 0 Å². The first-order chi connectivity index (χ1) is 5.89. The summed E-state index contributed by atoms with van der Waals surface area (Å²) in [6.45, 7) is 15.1. The second kappa shape index (κ2) is 8.30. The van der Waals surface area contributed by atoms with Crippen molar-refractivity contribution in [2.45, 2.75) is 67.6 Å². The second-order valence-corrected chi connectivity index (χ2v) is 6.02. The van der Waals surface area contributed by atoms with Crippen molar-refractivity contribution in [2.75, 3.05) is 0 Å². The molecule has 0 aliphatic carbocycles. The molecule has 0 saturated carbocycles.